The van der Waals surface area contributed by atoms with E-state index in [9.17, 15) is 8.42 Å². The van der Waals surface area contributed by atoms with Crippen molar-refractivity contribution in [2.24, 2.45) is 0 Å². The standard InChI is InChI=1S/C20H23ClN2O3S/c1-5-26-19-10-9-18-15(16(19)13-22(3)4)11-12-23(18)27(24,25)20-8-6-7-17(21)14(20)2/h6-12H,5,13H2,1-4H3. The average Bonchev–Trinajstić information content (AvgIpc) is 3.04. The van der Waals surface area contributed by atoms with Crippen LogP contribution in [-0.4, -0.2) is 38.0 Å². The number of halogens is 1. The van der Waals surface area contributed by atoms with E-state index in [0.717, 1.165) is 16.7 Å². The Labute approximate surface area is 165 Å². The summed E-state index contributed by atoms with van der Waals surface area (Å²) in [5, 5.41) is 1.29. The lowest BCUT2D eigenvalue weighted by Gasteiger charge is -2.16. The molecule has 0 radical (unpaired) electrons. The van der Waals surface area contributed by atoms with Crippen molar-refractivity contribution in [3.63, 3.8) is 0 Å². The predicted octanol–water partition coefficient (Wildman–Crippen LogP) is 4.30. The Hall–Kier alpha value is -2.02. The van der Waals surface area contributed by atoms with Crippen LogP contribution >= 0.6 is 11.6 Å². The predicted molar refractivity (Wildman–Crippen MR) is 109 cm³/mol. The van der Waals surface area contributed by atoms with Crippen LogP contribution in [0, 0.1) is 6.92 Å². The largest absolute Gasteiger partial charge is 0.494 e. The normalized spacial score (nSPS) is 12.1. The molecule has 0 atom stereocenters. The molecule has 0 spiro atoms. The quantitative estimate of drug-likeness (QED) is 0.612. The molecule has 3 rings (SSSR count). The molecule has 0 aliphatic carbocycles. The van der Waals surface area contributed by atoms with Gasteiger partial charge >= 0.3 is 0 Å². The maximum absolute atomic E-state index is 13.3. The van der Waals surface area contributed by atoms with E-state index in [0.29, 0.717) is 29.3 Å². The summed E-state index contributed by atoms with van der Waals surface area (Å²) in [5.74, 6) is 0.771. The van der Waals surface area contributed by atoms with Crippen LogP contribution in [0.25, 0.3) is 10.9 Å². The Morgan fingerprint density at radius 2 is 1.89 bits per heavy atom. The molecular formula is C20H23ClN2O3S. The number of hydrogen-bond donors (Lipinski definition) is 0. The summed E-state index contributed by atoms with van der Waals surface area (Å²) in [5.41, 5.74) is 2.13. The van der Waals surface area contributed by atoms with Gasteiger partial charge in [-0.15, -0.1) is 0 Å². The topological polar surface area (TPSA) is 51.5 Å². The van der Waals surface area contributed by atoms with E-state index >= 15 is 0 Å². The van der Waals surface area contributed by atoms with Crippen LogP contribution in [0.2, 0.25) is 5.02 Å². The molecule has 27 heavy (non-hydrogen) atoms. The zero-order valence-corrected chi connectivity index (χ0v) is 17.4. The molecule has 0 unspecified atom stereocenters. The van der Waals surface area contributed by atoms with Gasteiger partial charge < -0.3 is 9.64 Å². The van der Waals surface area contributed by atoms with Crippen molar-refractivity contribution in [2.75, 3.05) is 20.7 Å². The van der Waals surface area contributed by atoms with Gasteiger partial charge in [0.15, 0.2) is 0 Å². The minimum atomic E-state index is -3.77. The van der Waals surface area contributed by atoms with Crippen molar-refractivity contribution in [1.82, 2.24) is 8.87 Å². The first-order valence-corrected chi connectivity index (χ1v) is 10.5. The molecule has 7 heteroatoms. The molecule has 0 saturated carbocycles. The number of fused-ring (bicyclic) bond motifs is 1. The third kappa shape index (κ3) is 3.57. The number of hydrogen-bond acceptors (Lipinski definition) is 4. The molecule has 144 valence electrons. The minimum absolute atomic E-state index is 0.204. The van der Waals surface area contributed by atoms with E-state index in [2.05, 4.69) is 0 Å². The van der Waals surface area contributed by atoms with Gasteiger partial charge in [-0.05, 0) is 63.8 Å². The summed E-state index contributed by atoms with van der Waals surface area (Å²) in [6.45, 7) is 4.84. The van der Waals surface area contributed by atoms with Gasteiger partial charge in [0.2, 0.25) is 0 Å². The third-order valence-corrected chi connectivity index (χ3v) is 6.68. The first-order valence-electron chi connectivity index (χ1n) is 8.68. The second kappa shape index (κ2) is 7.54. The van der Waals surface area contributed by atoms with Crippen LogP contribution in [0.5, 0.6) is 5.75 Å². The number of nitrogens with zero attached hydrogens (tertiary/aromatic N) is 2. The molecule has 3 aromatic rings. The summed E-state index contributed by atoms with van der Waals surface area (Å²) < 4.78 is 33.7. The maximum atomic E-state index is 13.3. The Balaban J connectivity index is 2.23. The molecule has 0 aliphatic rings. The lowest BCUT2D eigenvalue weighted by atomic mass is 10.1. The highest BCUT2D eigenvalue weighted by atomic mass is 35.5. The molecule has 1 aromatic heterocycles. The number of aromatic nitrogens is 1. The lowest BCUT2D eigenvalue weighted by Crippen LogP contribution is -2.14. The van der Waals surface area contributed by atoms with Crippen LogP contribution in [-0.2, 0) is 16.6 Å². The van der Waals surface area contributed by atoms with Crippen molar-refractivity contribution in [1.29, 1.82) is 0 Å². The fraction of sp³-hybridized carbons (Fsp3) is 0.300. The highest BCUT2D eigenvalue weighted by Crippen LogP contribution is 2.33. The first-order chi connectivity index (χ1) is 12.8. The summed E-state index contributed by atoms with van der Waals surface area (Å²) in [6, 6.07) is 10.4. The van der Waals surface area contributed by atoms with E-state index < -0.39 is 10.0 Å². The number of benzene rings is 2. The van der Waals surface area contributed by atoms with Crippen molar-refractivity contribution in [2.45, 2.75) is 25.3 Å². The molecule has 2 aromatic carbocycles. The molecule has 0 N–H and O–H groups in total. The number of ether oxygens (including phenoxy) is 1. The SMILES string of the molecule is CCOc1ccc2c(ccn2S(=O)(=O)c2cccc(Cl)c2C)c1CN(C)C. The van der Waals surface area contributed by atoms with Gasteiger partial charge in [-0.25, -0.2) is 12.4 Å². The van der Waals surface area contributed by atoms with Gasteiger partial charge in [0.1, 0.15) is 5.75 Å². The van der Waals surface area contributed by atoms with Gasteiger partial charge in [0.05, 0.1) is 17.0 Å². The van der Waals surface area contributed by atoms with E-state index in [1.165, 1.54) is 3.97 Å². The second-order valence-corrected chi connectivity index (χ2v) is 8.82. The number of rotatable bonds is 6. The van der Waals surface area contributed by atoms with Crippen LogP contribution in [0.3, 0.4) is 0 Å². The van der Waals surface area contributed by atoms with Gasteiger partial charge in [0.25, 0.3) is 10.0 Å². The minimum Gasteiger partial charge on any atom is -0.494 e. The van der Waals surface area contributed by atoms with E-state index in [1.807, 2.05) is 38.1 Å². The van der Waals surface area contributed by atoms with E-state index in [1.54, 1.807) is 37.4 Å². The average molecular weight is 407 g/mol. The molecular weight excluding hydrogens is 384 g/mol. The summed E-state index contributed by atoms with van der Waals surface area (Å²) in [6.07, 6.45) is 1.59. The Morgan fingerprint density at radius 1 is 1.15 bits per heavy atom. The van der Waals surface area contributed by atoms with Crippen molar-refractivity contribution >= 4 is 32.5 Å². The lowest BCUT2D eigenvalue weighted by molar-refractivity contribution is 0.326. The maximum Gasteiger partial charge on any atom is 0.268 e. The van der Waals surface area contributed by atoms with Crippen LogP contribution in [0.4, 0.5) is 0 Å². The zero-order valence-electron chi connectivity index (χ0n) is 15.9. The smallest absolute Gasteiger partial charge is 0.268 e. The van der Waals surface area contributed by atoms with Gasteiger partial charge in [-0.3, -0.25) is 0 Å². The Bertz CT molecular complexity index is 1090. The Morgan fingerprint density at radius 3 is 2.56 bits per heavy atom. The fourth-order valence-electron chi connectivity index (χ4n) is 3.19. The third-order valence-electron chi connectivity index (χ3n) is 4.43. The molecule has 1 heterocycles. The van der Waals surface area contributed by atoms with Crippen LogP contribution < -0.4 is 4.74 Å². The Kier molecular flexibility index (Phi) is 5.51. The molecule has 5 nitrogen and oxygen atoms in total. The van der Waals surface area contributed by atoms with E-state index in [-0.39, 0.29) is 4.90 Å². The van der Waals surface area contributed by atoms with Crippen molar-refractivity contribution < 1.29 is 13.2 Å². The molecule has 0 saturated heterocycles. The monoisotopic (exact) mass is 406 g/mol. The van der Waals surface area contributed by atoms with Crippen molar-refractivity contribution in [3.05, 3.63) is 58.7 Å². The highest BCUT2D eigenvalue weighted by Gasteiger charge is 2.23. The van der Waals surface area contributed by atoms with Crippen LogP contribution in [0.1, 0.15) is 18.1 Å². The molecule has 0 aliphatic heterocycles. The zero-order chi connectivity index (χ0) is 19.8. The van der Waals surface area contributed by atoms with Crippen molar-refractivity contribution in [3.8, 4) is 5.75 Å². The second-order valence-electron chi connectivity index (χ2n) is 6.63. The summed E-state index contributed by atoms with van der Waals surface area (Å²) >= 11 is 6.14. The highest BCUT2D eigenvalue weighted by molar-refractivity contribution is 7.90. The molecule has 0 bridgehead atoms. The molecule has 0 fully saturated rings. The first kappa shape index (κ1) is 19.7. The van der Waals surface area contributed by atoms with Crippen LogP contribution in [0.15, 0.2) is 47.5 Å². The fourth-order valence-corrected chi connectivity index (χ4v) is 5.01. The summed E-state index contributed by atoms with van der Waals surface area (Å²) in [7, 11) is 0.172. The van der Waals surface area contributed by atoms with E-state index in [4.69, 9.17) is 16.3 Å². The van der Waals surface area contributed by atoms with Gasteiger partial charge in [-0.1, -0.05) is 17.7 Å². The molecule has 0 amide bonds. The van der Waals surface area contributed by atoms with Gasteiger partial charge in [-0.2, -0.15) is 0 Å². The van der Waals surface area contributed by atoms with Gasteiger partial charge in [0, 0.05) is 28.7 Å². The summed E-state index contributed by atoms with van der Waals surface area (Å²) in [4.78, 5) is 2.24.